The lowest BCUT2D eigenvalue weighted by atomic mass is 9.98. The van der Waals surface area contributed by atoms with Crippen LogP contribution in [0, 0.1) is 5.92 Å². The highest BCUT2D eigenvalue weighted by atomic mass is 79.9. The van der Waals surface area contributed by atoms with Gasteiger partial charge >= 0.3 is 5.97 Å². The Bertz CT molecular complexity index is 591. The van der Waals surface area contributed by atoms with E-state index in [0.717, 1.165) is 4.47 Å². The molecule has 1 atom stereocenters. The lowest BCUT2D eigenvalue weighted by molar-refractivity contribution is -0.145. The van der Waals surface area contributed by atoms with Crippen LogP contribution in [0.15, 0.2) is 28.7 Å². The number of aliphatic carboxylic acids is 1. The molecule has 118 valence electrons. The van der Waals surface area contributed by atoms with E-state index in [-0.39, 0.29) is 24.9 Å². The number of carboxylic acid groups (broad SMARTS) is 1. The van der Waals surface area contributed by atoms with E-state index in [1.807, 2.05) is 6.07 Å². The van der Waals surface area contributed by atoms with Crippen LogP contribution >= 0.6 is 15.9 Å². The molecule has 2 rings (SSSR count). The molecular formula is C15H17BrN2O4. The first-order valence-electron chi connectivity index (χ1n) is 7.01. The van der Waals surface area contributed by atoms with Crippen LogP contribution in [0.1, 0.15) is 23.2 Å². The molecule has 1 aliphatic rings. The number of hydrogen-bond acceptors (Lipinski definition) is 3. The van der Waals surface area contributed by atoms with Crippen molar-refractivity contribution in [1.29, 1.82) is 0 Å². The van der Waals surface area contributed by atoms with E-state index < -0.39 is 11.9 Å². The molecule has 2 amide bonds. The molecule has 1 saturated heterocycles. The van der Waals surface area contributed by atoms with Gasteiger partial charge in [-0.25, -0.2) is 0 Å². The van der Waals surface area contributed by atoms with Gasteiger partial charge < -0.3 is 15.3 Å². The third-order valence-corrected chi connectivity index (χ3v) is 4.10. The first-order chi connectivity index (χ1) is 10.5. The first kappa shape index (κ1) is 16.5. The number of nitrogens with zero attached hydrogens (tertiary/aromatic N) is 1. The number of halogens is 1. The van der Waals surface area contributed by atoms with Gasteiger partial charge in [0.25, 0.3) is 5.91 Å². The fraction of sp³-hybridized carbons (Fsp3) is 0.400. The standard InChI is InChI=1S/C15H17BrN2O4/c16-12-5-1-3-10(7-12)14(20)17-8-13(19)18-6-2-4-11(9-18)15(21)22/h1,3,5,7,11H,2,4,6,8-9H2,(H,17,20)(H,21,22)/t11-/m0/s1. The zero-order valence-corrected chi connectivity index (χ0v) is 13.5. The summed E-state index contributed by atoms with van der Waals surface area (Å²) in [6, 6.07) is 6.87. The molecule has 7 heteroatoms. The molecule has 1 aromatic carbocycles. The number of amides is 2. The highest BCUT2D eigenvalue weighted by Crippen LogP contribution is 2.16. The molecule has 0 spiro atoms. The normalized spacial score (nSPS) is 17.9. The molecule has 1 fully saturated rings. The summed E-state index contributed by atoms with van der Waals surface area (Å²) in [5.74, 6) is -1.98. The number of nitrogens with one attached hydrogen (secondary N) is 1. The molecule has 0 saturated carbocycles. The smallest absolute Gasteiger partial charge is 0.308 e. The Morgan fingerprint density at radius 1 is 1.36 bits per heavy atom. The third kappa shape index (κ3) is 4.30. The molecule has 0 aromatic heterocycles. The fourth-order valence-corrected chi connectivity index (χ4v) is 2.80. The number of benzene rings is 1. The molecule has 22 heavy (non-hydrogen) atoms. The summed E-state index contributed by atoms with van der Waals surface area (Å²) in [6.07, 6.45) is 1.26. The maximum absolute atomic E-state index is 12.1. The van der Waals surface area contributed by atoms with E-state index >= 15 is 0 Å². The number of likely N-dealkylation sites (tertiary alicyclic amines) is 1. The summed E-state index contributed by atoms with van der Waals surface area (Å²) in [6.45, 7) is 0.619. The fourth-order valence-electron chi connectivity index (χ4n) is 2.40. The van der Waals surface area contributed by atoms with Gasteiger partial charge in [-0.1, -0.05) is 22.0 Å². The monoisotopic (exact) mass is 368 g/mol. The minimum absolute atomic E-state index is 0.127. The highest BCUT2D eigenvalue weighted by molar-refractivity contribution is 9.10. The van der Waals surface area contributed by atoms with Gasteiger partial charge in [-0.15, -0.1) is 0 Å². The second-order valence-corrected chi connectivity index (χ2v) is 6.13. The lowest BCUT2D eigenvalue weighted by Crippen LogP contribution is -2.46. The van der Waals surface area contributed by atoms with Gasteiger partial charge in [0.05, 0.1) is 12.5 Å². The summed E-state index contributed by atoms with van der Waals surface area (Å²) in [4.78, 5) is 36.5. The van der Waals surface area contributed by atoms with Crippen LogP contribution < -0.4 is 5.32 Å². The highest BCUT2D eigenvalue weighted by Gasteiger charge is 2.28. The van der Waals surface area contributed by atoms with Crippen molar-refractivity contribution in [3.05, 3.63) is 34.3 Å². The Balaban J connectivity index is 1.87. The van der Waals surface area contributed by atoms with Crippen molar-refractivity contribution in [2.75, 3.05) is 19.6 Å². The molecule has 1 heterocycles. The maximum Gasteiger partial charge on any atom is 0.308 e. The molecule has 0 radical (unpaired) electrons. The van der Waals surface area contributed by atoms with E-state index in [1.54, 1.807) is 18.2 Å². The van der Waals surface area contributed by atoms with Crippen LogP contribution in [0.3, 0.4) is 0 Å². The van der Waals surface area contributed by atoms with E-state index in [1.165, 1.54) is 4.90 Å². The van der Waals surface area contributed by atoms with E-state index in [0.29, 0.717) is 24.9 Å². The van der Waals surface area contributed by atoms with Crippen molar-refractivity contribution in [1.82, 2.24) is 10.2 Å². The number of piperidine rings is 1. The largest absolute Gasteiger partial charge is 0.481 e. The van der Waals surface area contributed by atoms with E-state index in [4.69, 9.17) is 5.11 Å². The van der Waals surface area contributed by atoms with Crippen LogP contribution in [0.5, 0.6) is 0 Å². The second-order valence-electron chi connectivity index (χ2n) is 5.21. The van der Waals surface area contributed by atoms with Crippen molar-refractivity contribution in [3.8, 4) is 0 Å². The molecule has 1 aromatic rings. The maximum atomic E-state index is 12.1. The van der Waals surface area contributed by atoms with Gasteiger partial charge in [-0.2, -0.15) is 0 Å². The van der Waals surface area contributed by atoms with E-state index in [2.05, 4.69) is 21.2 Å². The van der Waals surface area contributed by atoms with Crippen molar-refractivity contribution >= 4 is 33.7 Å². The minimum atomic E-state index is -0.879. The van der Waals surface area contributed by atoms with Crippen LogP contribution in [0.2, 0.25) is 0 Å². The quantitative estimate of drug-likeness (QED) is 0.842. The third-order valence-electron chi connectivity index (χ3n) is 3.61. The number of rotatable bonds is 4. The summed E-state index contributed by atoms with van der Waals surface area (Å²) in [7, 11) is 0. The van der Waals surface area contributed by atoms with E-state index in [9.17, 15) is 14.4 Å². The van der Waals surface area contributed by atoms with Gasteiger partial charge in [-0.3, -0.25) is 14.4 Å². The van der Waals surface area contributed by atoms with Gasteiger partial charge in [0, 0.05) is 23.1 Å². The Kier molecular flexibility index (Phi) is 5.54. The van der Waals surface area contributed by atoms with Gasteiger partial charge in [0.2, 0.25) is 5.91 Å². The zero-order chi connectivity index (χ0) is 16.1. The molecule has 0 bridgehead atoms. The van der Waals surface area contributed by atoms with Crippen LogP contribution in [-0.4, -0.2) is 47.4 Å². The summed E-state index contributed by atoms with van der Waals surface area (Å²) in [5.41, 5.74) is 0.462. The Hall–Kier alpha value is -1.89. The second kappa shape index (κ2) is 7.40. The molecule has 0 aliphatic carbocycles. The SMILES string of the molecule is O=C(NCC(=O)N1CCC[C@H](C(=O)O)C1)c1cccc(Br)c1. The predicted molar refractivity (Wildman–Crippen MR) is 83.4 cm³/mol. The molecule has 2 N–H and O–H groups in total. The Labute approximate surface area is 136 Å². The van der Waals surface area contributed by atoms with Crippen LogP contribution in [0.25, 0.3) is 0 Å². The van der Waals surface area contributed by atoms with Gasteiger partial charge in [0.1, 0.15) is 0 Å². The molecule has 1 aliphatic heterocycles. The Morgan fingerprint density at radius 2 is 2.14 bits per heavy atom. The Morgan fingerprint density at radius 3 is 2.82 bits per heavy atom. The summed E-state index contributed by atoms with van der Waals surface area (Å²) < 4.78 is 0.784. The number of carbonyl (C=O) groups is 3. The molecule has 0 unspecified atom stereocenters. The van der Waals surface area contributed by atoms with Crippen molar-refractivity contribution < 1.29 is 19.5 Å². The topological polar surface area (TPSA) is 86.7 Å². The first-order valence-corrected chi connectivity index (χ1v) is 7.81. The van der Waals surface area contributed by atoms with Gasteiger partial charge in [-0.05, 0) is 31.0 Å². The van der Waals surface area contributed by atoms with Crippen molar-refractivity contribution in [2.24, 2.45) is 5.92 Å². The van der Waals surface area contributed by atoms with Crippen LogP contribution in [0.4, 0.5) is 0 Å². The average Bonchev–Trinajstić information content (AvgIpc) is 2.52. The zero-order valence-electron chi connectivity index (χ0n) is 11.9. The number of hydrogen-bond donors (Lipinski definition) is 2. The molecular weight excluding hydrogens is 352 g/mol. The number of carboxylic acids is 1. The molecule has 6 nitrogen and oxygen atoms in total. The summed E-state index contributed by atoms with van der Waals surface area (Å²) in [5, 5.41) is 11.6. The predicted octanol–water partition coefficient (Wildman–Crippen LogP) is 1.50. The lowest BCUT2D eigenvalue weighted by Gasteiger charge is -2.30. The van der Waals surface area contributed by atoms with Crippen molar-refractivity contribution in [2.45, 2.75) is 12.8 Å². The minimum Gasteiger partial charge on any atom is -0.481 e. The average molecular weight is 369 g/mol. The number of carbonyl (C=O) groups excluding carboxylic acids is 2. The van der Waals surface area contributed by atoms with Crippen molar-refractivity contribution in [3.63, 3.8) is 0 Å². The van der Waals surface area contributed by atoms with Crippen LogP contribution in [-0.2, 0) is 9.59 Å². The van der Waals surface area contributed by atoms with Gasteiger partial charge in [0.15, 0.2) is 0 Å². The summed E-state index contributed by atoms with van der Waals surface area (Å²) >= 11 is 3.28.